The van der Waals surface area contributed by atoms with Gasteiger partial charge in [-0.05, 0) is 34.7 Å². The average Bonchev–Trinajstić information content (AvgIpc) is 3.18. The smallest absolute Gasteiger partial charge is 0.266 e. The van der Waals surface area contributed by atoms with Crippen LogP contribution >= 0.6 is 11.3 Å². The van der Waals surface area contributed by atoms with Crippen LogP contribution in [0.3, 0.4) is 0 Å². The maximum Gasteiger partial charge on any atom is 0.266 e. The van der Waals surface area contributed by atoms with E-state index in [0.717, 1.165) is 21.9 Å². The summed E-state index contributed by atoms with van der Waals surface area (Å²) in [6.45, 7) is 0.285. The number of fused-ring (bicyclic) bond motifs is 3. The molecule has 4 rings (SSSR count). The van der Waals surface area contributed by atoms with Crippen molar-refractivity contribution in [3.8, 4) is 16.9 Å². The molecule has 0 fully saturated rings. The van der Waals surface area contributed by atoms with Gasteiger partial charge in [0.25, 0.3) is 5.56 Å². The molecule has 0 spiro atoms. The Balaban J connectivity index is 1.89. The number of hydrogen-bond donors (Lipinski definition) is 3. The van der Waals surface area contributed by atoms with Crippen molar-refractivity contribution < 1.29 is 13.5 Å². The van der Waals surface area contributed by atoms with Gasteiger partial charge in [0.15, 0.2) is 10.9 Å². The van der Waals surface area contributed by atoms with Gasteiger partial charge in [-0.25, -0.2) is 8.57 Å². The fourth-order valence-electron chi connectivity index (χ4n) is 3.10. The van der Waals surface area contributed by atoms with Gasteiger partial charge in [0.2, 0.25) is 0 Å². The zero-order valence-electron chi connectivity index (χ0n) is 14.3. The summed E-state index contributed by atoms with van der Waals surface area (Å²) < 4.78 is 20.5. The molecule has 2 aromatic heterocycles. The van der Waals surface area contributed by atoms with Crippen LogP contribution in [0, 0.1) is 0 Å². The number of phenolic OH excluding ortho intramolecular Hbond substituents is 1. The van der Waals surface area contributed by atoms with E-state index in [1.54, 1.807) is 12.1 Å². The Morgan fingerprint density at radius 1 is 1.19 bits per heavy atom. The summed E-state index contributed by atoms with van der Waals surface area (Å²) in [5, 5.41) is 14.0. The van der Waals surface area contributed by atoms with Gasteiger partial charge in [-0.3, -0.25) is 8.98 Å². The predicted octanol–water partition coefficient (Wildman–Crippen LogP) is 3.84. The summed E-state index contributed by atoms with van der Waals surface area (Å²) in [5.41, 5.74) is 2.91. The Kier molecular flexibility index (Phi) is 4.69. The van der Waals surface area contributed by atoms with Crippen molar-refractivity contribution in [3.05, 3.63) is 63.8 Å². The zero-order valence-corrected chi connectivity index (χ0v) is 16.0. The highest BCUT2D eigenvalue weighted by atomic mass is 32.2. The van der Waals surface area contributed by atoms with Crippen LogP contribution in [0.15, 0.2) is 57.0 Å². The van der Waals surface area contributed by atoms with Gasteiger partial charge in [-0.1, -0.05) is 24.3 Å². The van der Waals surface area contributed by atoms with Crippen LogP contribution in [0.25, 0.3) is 32.1 Å². The Bertz CT molecular complexity index is 1280. The van der Waals surface area contributed by atoms with E-state index in [1.165, 1.54) is 18.4 Å². The standard InChI is InChI=1S/C19H16N2O4S2/c1-25-27(24)20-10-11-2-4-12(5-3-11)16-15(22)7-6-14-17(16)13-8-9-26-18(13)19(23)21-14/h2-9,22,27H,10H2,1H3,(H,21,23). The minimum Gasteiger partial charge on any atom is -0.507 e. The number of thiol groups is 1. The lowest BCUT2D eigenvalue weighted by molar-refractivity contribution is 0.452. The zero-order chi connectivity index (χ0) is 19.0. The molecule has 0 amide bonds. The highest BCUT2D eigenvalue weighted by molar-refractivity contribution is 7.69. The van der Waals surface area contributed by atoms with Crippen molar-refractivity contribution >= 4 is 43.2 Å². The fraction of sp³-hybridized carbons (Fsp3) is 0.105. The third-order valence-corrected chi connectivity index (χ3v) is 5.94. The lowest BCUT2D eigenvalue weighted by Crippen LogP contribution is -2.04. The number of pyridine rings is 1. The Labute approximate surface area is 160 Å². The molecule has 0 radical (unpaired) electrons. The normalized spacial score (nSPS) is 12.8. The number of benzene rings is 2. The monoisotopic (exact) mass is 400 g/mol. The maximum atomic E-state index is 12.2. The molecule has 6 nitrogen and oxygen atoms in total. The number of aromatic nitrogens is 1. The number of thiophene rings is 1. The summed E-state index contributed by atoms with van der Waals surface area (Å²) in [5.74, 6) is 0.141. The van der Waals surface area contributed by atoms with E-state index in [4.69, 9.17) is 0 Å². The Hall–Kier alpha value is -2.68. The molecular formula is C19H16N2O4S2. The van der Waals surface area contributed by atoms with Crippen molar-refractivity contribution in [1.29, 1.82) is 0 Å². The number of hydrogen-bond acceptors (Lipinski definition) is 6. The molecule has 0 aliphatic rings. The summed E-state index contributed by atoms with van der Waals surface area (Å²) in [6.07, 6.45) is 0. The number of H-pyrrole nitrogens is 1. The summed E-state index contributed by atoms with van der Waals surface area (Å²) >= 11 is 1.37. The van der Waals surface area contributed by atoms with Crippen LogP contribution in [-0.2, 0) is 21.6 Å². The van der Waals surface area contributed by atoms with Crippen molar-refractivity contribution in [2.45, 2.75) is 6.54 Å². The van der Waals surface area contributed by atoms with Crippen LogP contribution in [0.4, 0.5) is 0 Å². The second-order valence-corrected chi connectivity index (χ2v) is 7.96. The van der Waals surface area contributed by atoms with Crippen molar-refractivity contribution in [3.63, 3.8) is 0 Å². The van der Waals surface area contributed by atoms with E-state index in [9.17, 15) is 14.1 Å². The molecule has 4 aromatic rings. The molecule has 1 atom stereocenters. The molecule has 27 heavy (non-hydrogen) atoms. The average molecular weight is 400 g/mol. The number of rotatable bonds is 4. The van der Waals surface area contributed by atoms with Crippen LogP contribution in [0.5, 0.6) is 5.75 Å². The van der Waals surface area contributed by atoms with E-state index in [-0.39, 0.29) is 17.9 Å². The van der Waals surface area contributed by atoms with Crippen LogP contribution in [-0.4, -0.2) is 21.4 Å². The van der Waals surface area contributed by atoms with Gasteiger partial charge >= 0.3 is 0 Å². The topological polar surface area (TPSA) is 91.8 Å². The quantitative estimate of drug-likeness (QED) is 0.454. The van der Waals surface area contributed by atoms with E-state index in [2.05, 4.69) is 13.5 Å². The van der Waals surface area contributed by atoms with Gasteiger partial charge in [-0.15, -0.1) is 11.3 Å². The number of nitrogens with one attached hydrogen (secondary N) is 1. The first-order chi connectivity index (χ1) is 13.1. The highest BCUT2D eigenvalue weighted by Crippen LogP contribution is 2.39. The van der Waals surface area contributed by atoms with Gasteiger partial charge in [0.05, 0.1) is 13.7 Å². The Morgan fingerprint density at radius 3 is 2.70 bits per heavy atom. The third-order valence-electron chi connectivity index (χ3n) is 4.34. The molecular weight excluding hydrogens is 384 g/mol. The molecule has 0 saturated heterocycles. The largest absolute Gasteiger partial charge is 0.507 e. The predicted molar refractivity (Wildman–Crippen MR) is 110 cm³/mol. The molecule has 138 valence electrons. The maximum absolute atomic E-state index is 12.2. The van der Waals surface area contributed by atoms with Crippen molar-refractivity contribution in [2.75, 3.05) is 7.11 Å². The summed E-state index contributed by atoms with van der Waals surface area (Å²) in [6, 6.07) is 12.7. The first kappa shape index (κ1) is 17.7. The lowest BCUT2D eigenvalue weighted by Gasteiger charge is -2.11. The molecule has 0 saturated carbocycles. The third kappa shape index (κ3) is 3.23. The first-order valence-electron chi connectivity index (χ1n) is 8.11. The fourth-order valence-corrected chi connectivity index (χ4v) is 4.29. The highest BCUT2D eigenvalue weighted by Gasteiger charge is 2.15. The number of phenols is 1. The minimum atomic E-state index is -2.00. The molecule has 2 N–H and O–H groups in total. The van der Waals surface area contributed by atoms with Crippen LogP contribution in [0.2, 0.25) is 0 Å². The van der Waals surface area contributed by atoms with Crippen molar-refractivity contribution in [1.82, 2.24) is 4.98 Å². The SMILES string of the molecule is CO[SH](=O)=NCc1ccc(-c2c(O)ccc3[nH]c(=O)c4sccc4c23)cc1. The van der Waals surface area contributed by atoms with Gasteiger partial charge in [0, 0.05) is 21.9 Å². The summed E-state index contributed by atoms with van der Waals surface area (Å²) in [4.78, 5) is 15.1. The van der Waals surface area contributed by atoms with E-state index in [0.29, 0.717) is 15.8 Å². The first-order valence-corrected chi connectivity index (χ1v) is 10.1. The lowest BCUT2D eigenvalue weighted by atomic mass is 9.96. The molecule has 8 heteroatoms. The van der Waals surface area contributed by atoms with Gasteiger partial charge in [0.1, 0.15) is 10.4 Å². The van der Waals surface area contributed by atoms with Gasteiger partial charge < -0.3 is 10.1 Å². The van der Waals surface area contributed by atoms with Crippen LogP contribution in [0.1, 0.15) is 5.56 Å². The Morgan fingerprint density at radius 2 is 1.96 bits per heavy atom. The van der Waals surface area contributed by atoms with Crippen molar-refractivity contribution in [2.24, 2.45) is 4.36 Å². The molecule has 0 aliphatic carbocycles. The number of nitrogens with zero attached hydrogens (tertiary/aromatic N) is 1. The van der Waals surface area contributed by atoms with Gasteiger partial charge in [-0.2, -0.15) is 0 Å². The summed E-state index contributed by atoms with van der Waals surface area (Å²) in [7, 11) is -0.646. The van der Waals surface area contributed by atoms with E-state index >= 15 is 0 Å². The molecule has 0 aliphatic heterocycles. The number of aromatic amines is 1. The number of aromatic hydroxyl groups is 1. The minimum absolute atomic E-state index is 0.131. The molecule has 1 unspecified atom stereocenters. The second kappa shape index (κ2) is 7.15. The van der Waals surface area contributed by atoms with E-state index in [1.807, 2.05) is 35.7 Å². The molecule has 2 aromatic carbocycles. The second-order valence-electron chi connectivity index (χ2n) is 5.92. The van der Waals surface area contributed by atoms with Crippen LogP contribution < -0.4 is 5.56 Å². The molecule has 2 heterocycles. The van der Waals surface area contributed by atoms with E-state index < -0.39 is 10.9 Å². The molecule has 0 bridgehead atoms.